The van der Waals surface area contributed by atoms with Crippen molar-refractivity contribution in [2.24, 2.45) is 0 Å². The molecule has 0 heterocycles. The Morgan fingerprint density at radius 2 is 1.88 bits per heavy atom. The zero-order valence-corrected chi connectivity index (χ0v) is 11.0. The zero-order valence-electron chi connectivity index (χ0n) is 10.2. The highest BCUT2D eigenvalue weighted by molar-refractivity contribution is 6.17. The largest absolute Gasteiger partial charge is 0.491 e. The van der Waals surface area contributed by atoms with E-state index in [1.54, 1.807) is 0 Å². The van der Waals surface area contributed by atoms with Crippen molar-refractivity contribution >= 4 is 11.6 Å². The van der Waals surface area contributed by atoms with Gasteiger partial charge < -0.3 is 9.47 Å². The summed E-state index contributed by atoms with van der Waals surface area (Å²) in [6.07, 6.45) is 0.916. The van der Waals surface area contributed by atoms with Crippen molar-refractivity contribution in [3.8, 4) is 5.75 Å². The summed E-state index contributed by atoms with van der Waals surface area (Å²) in [5.74, 6) is 1.39. The lowest BCUT2D eigenvalue weighted by molar-refractivity contribution is 0.111. The normalized spacial score (nSPS) is 10.2. The standard InChI is InChI=1S/C14H19ClO2/c1-12(2)11-13-3-5-14(6-4-13)17-10-9-16-8-7-15/h3-6H,1,7-11H2,2H3. The summed E-state index contributed by atoms with van der Waals surface area (Å²) in [6, 6.07) is 8.06. The molecule has 0 fully saturated rings. The van der Waals surface area contributed by atoms with Gasteiger partial charge in [0.1, 0.15) is 12.4 Å². The van der Waals surface area contributed by atoms with E-state index in [0.29, 0.717) is 25.7 Å². The molecule has 94 valence electrons. The topological polar surface area (TPSA) is 18.5 Å². The van der Waals surface area contributed by atoms with Gasteiger partial charge in [-0.05, 0) is 31.0 Å². The van der Waals surface area contributed by atoms with E-state index < -0.39 is 0 Å². The minimum absolute atomic E-state index is 0.523. The van der Waals surface area contributed by atoms with Crippen molar-refractivity contribution in [2.75, 3.05) is 25.7 Å². The summed E-state index contributed by atoms with van der Waals surface area (Å²) >= 11 is 5.48. The summed E-state index contributed by atoms with van der Waals surface area (Å²) in [6.45, 7) is 7.61. The maximum atomic E-state index is 5.52. The van der Waals surface area contributed by atoms with Crippen molar-refractivity contribution in [3.63, 3.8) is 0 Å². The molecule has 1 rings (SSSR count). The van der Waals surface area contributed by atoms with Crippen LogP contribution in [0.3, 0.4) is 0 Å². The van der Waals surface area contributed by atoms with E-state index in [4.69, 9.17) is 21.1 Å². The zero-order chi connectivity index (χ0) is 12.5. The molecule has 0 saturated carbocycles. The molecule has 0 aromatic heterocycles. The van der Waals surface area contributed by atoms with Gasteiger partial charge in [0.15, 0.2) is 0 Å². The van der Waals surface area contributed by atoms with E-state index in [1.165, 1.54) is 5.56 Å². The number of allylic oxidation sites excluding steroid dienone is 1. The fourth-order valence-corrected chi connectivity index (χ4v) is 1.54. The van der Waals surface area contributed by atoms with Gasteiger partial charge in [0, 0.05) is 5.88 Å². The quantitative estimate of drug-likeness (QED) is 0.402. The monoisotopic (exact) mass is 254 g/mol. The molecule has 0 N–H and O–H groups in total. The van der Waals surface area contributed by atoms with Gasteiger partial charge in [-0.3, -0.25) is 0 Å². The van der Waals surface area contributed by atoms with Crippen LogP contribution in [0, 0.1) is 0 Å². The van der Waals surface area contributed by atoms with Crippen LogP contribution in [-0.2, 0) is 11.2 Å². The SMILES string of the molecule is C=C(C)Cc1ccc(OCCOCCCl)cc1. The average Bonchev–Trinajstić information content (AvgIpc) is 2.30. The lowest BCUT2D eigenvalue weighted by Crippen LogP contribution is -2.07. The highest BCUT2D eigenvalue weighted by Crippen LogP contribution is 2.14. The highest BCUT2D eigenvalue weighted by Gasteiger charge is 1.96. The Hall–Kier alpha value is -0.990. The molecule has 0 spiro atoms. The van der Waals surface area contributed by atoms with Gasteiger partial charge in [0.05, 0.1) is 13.2 Å². The van der Waals surface area contributed by atoms with Crippen LogP contribution in [-0.4, -0.2) is 25.7 Å². The molecule has 0 aliphatic rings. The molecule has 3 heteroatoms. The molecule has 0 aliphatic carbocycles. The van der Waals surface area contributed by atoms with E-state index in [2.05, 4.69) is 18.7 Å². The van der Waals surface area contributed by atoms with Crippen molar-refractivity contribution in [1.82, 2.24) is 0 Å². The van der Waals surface area contributed by atoms with Crippen LogP contribution < -0.4 is 4.74 Å². The fraction of sp³-hybridized carbons (Fsp3) is 0.429. The number of hydrogen-bond acceptors (Lipinski definition) is 2. The number of hydrogen-bond donors (Lipinski definition) is 0. The Bertz CT molecular complexity index is 333. The number of rotatable bonds is 8. The van der Waals surface area contributed by atoms with E-state index in [1.807, 2.05) is 19.1 Å². The Labute approximate surface area is 108 Å². The minimum atomic E-state index is 0.523. The summed E-state index contributed by atoms with van der Waals surface area (Å²) in [5.41, 5.74) is 2.41. The predicted octanol–water partition coefficient (Wildman–Crippen LogP) is 3.44. The van der Waals surface area contributed by atoms with Gasteiger partial charge in [0.25, 0.3) is 0 Å². The van der Waals surface area contributed by atoms with Crippen LogP contribution in [0.4, 0.5) is 0 Å². The second kappa shape index (κ2) is 8.15. The number of benzene rings is 1. The van der Waals surface area contributed by atoms with E-state index in [9.17, 15) is 0 Å². The molecule has 0 unspecified atom stereocenters. The summed E-state index contributed by atoms with van der Waals surface area (Å²) < 4.78 is 10.7. The average molecular weight is 255 g/mol. The summed E-state index contributed by atoms with van der Waals surface area (Å²) in [4.78, 5) is 0. The molecular weight excluding hydrogens is 236 g/mol. The lowest BCUT2D eigenvalue weighted by atomic mass is 10.1. The molecule has 17 heavy (non-hydrogen) atoms. The highest BCUT2D eigenvalue weighted by atomic mass is 35.5. The maximum Gasteiger partial charge on any atom is 0.119 e. The summed E-state index contributed by atoms with van der Waals surface area (Å²) in [5, 5.41) is 0. The Morgan fingerprint density at radius 1 is 1.18 bits per heavy atom. The fourth-order valence-electron chi connectivity index (χ4n) is 1.43. The number of alkyl halides is 1. The van der Waals surface area contributed by atoms with Gasteiger partial charge in [0.2, 0.25) is 0 Å². The molecule has 0 aliphatic heterocycles. The second-order valence-electron chi connectivity index (χ2n) is 3.93. The summed E-state index contributed by atoms with van der Waals surface area (Å²) in [7, 11) is 0. The predicted molar refractivity (Wildman–Crippen MR) is 72.0 cm³/mol. The van der Waals surface area contributed by atoms with Gasteiger partial charge in [-0.15, -0.1) is 11.6 Å². The van der Waals surface area contributed by atoms with Crippen LogP contribution >= 0.6 is 11.6 Å². The molecule has 0 saturated heterocycles. The molecule has 0 bridgehead atoms. The van der Waals surface area contributed by atoms with E-state index in [-0.39, 0.29) is 0 Å². The van der Waals surface area contributed by atoms with Gasteiger partial charge in [-0.25, -0.2) is 0 Å². The first-order valence-electron chi connectivity index (χ1n) is 5.72. The third-order valence-electron chi connectivity index (χ3n) is 2.15. The molecule has 0 amide bonds. The van der Waals surface area contributed by atoms with Gasteiger partial charge in [-0.1, -0.05) is 24.3 Å². The minimum Gasteiger partial charge on any atom is -0.491 e. The third-order valence-corrected chi connectivity index (χ3v) is 2.30. The van der Waals surface area contributed by atoms with E-state index >= 15 is 0 Å². The maximum absolute atomic E-state index is 5.52. The van der Waals surface area contributed by atoms with Crippen LogP contribution in [0.25, 0.3) is 0 Å². The number of ether oxygens (including phenoxy) is 2. The van der Waals surface area contributed by atoms with Crippen molar-refractivity contribution in [2.45, 2.75) is 13.3 Å². The van der Waals surface area contributed by atoms with Crippen molar-refractivity contribution in [3.05, 3.63) is 42.0 Å². The molecule has 1 aromatic carbocycles. The van der Waals surface area contributed by atoms with Gasteiger partial charge >= 0.3 is 0 Å². The Kier molecular flexibility index (Phi) is 6.75. The van der Waals surface area contributed by atoms with Crippen LogP contribution in [0.2, 0.25) is 0 Å². The first kappa shape index (κ1) is 14.1. The van der Waals surface area contributed by atoms with Crippen molar-refractivity contribution in [1.29, 1.82) is 0 Å². The molecule has 1 aromatic rings. The van der Waals surface area contributed by atoms with Gasteiger partial charge in [-0.2, -0.15) is 0 Å². The second-order valence-corrected chi connectivity index (χ2v) is 4.31. The molecular formula is C14H19ClO2. The lowest BCUT2D eigenvalue weighted by Gasteiger charge is -2.07. The van der Waals surface area contributed by atoms with E-state index in [0.717, 1.165) is 17.7 Å². The first-order chi connectivity index (χ1) is 8.22. The van der Waals surface area contributed by atoms with Crippen LogP contribution in [0.15, 0.2) is 36.4 Å². The van der Waals surface area contributed by atoms with Crippen LogP contribution in [0.5, 0.6) is 5.75 Å². The molecule has 2 nitrogen and oxygen atoms in total. The Balaban J connectivity index is 2.28. The van der Waals surface area contributed by atoms with Crippen molar-refractivity contribution < 1.29 is 9.47 Å². The first-order valence-corrected chi connectivity index (χ1v) is 6.25. The van der Waals surface area contributed by atoms with Crippen LogP contribution in [0.1, 0.15) is 12.5 Å². The molecule has 0 atom stereocenters. The Morgan fingerprint density at radius 3 is 2.47 bits per heavy atom. The molecule has 0 radical (unpaired) electrons. The number of halogens is 1. The smallest absolute Gasteiger partial charge is 0.119 e. The third kappa shape index (κ3) is 6.35.